The van der Waals surface area contributed by atoms with E-state index < -0.39 is 0 Å². The number of hydrogen-bond acceptors (Lipinski definition) is 3. The first-order valence-corrected chi connectivity index (χ1v) is 7.30. The normalized spacial score (nSPS) is 16.8. The zero-order chi connectivity index (χ0) is 15.2. The standard InChI is InChI=1S/C16H18ClNO3/c1-11-6-7-13(17)9-14(11)18-15(19)10-21-16(20)8-12-4-2-3-5-12/h2,4,6-7,9,12H,3,5,8,10H2,1H3,(H,18,19)/t12-/m1/s1. The van der Waals surface area contributed by atoms with Crippen molar-refractivity contribution in [3.63, 3.8) is 0 Å². The van der Waals surface area contributed by atoms with E-state index >= 15 is 0 Å². The molecule has 1 aromatic rings. The SMILES string of the molecule is Cc1ccc(Cl)cc1NC(=O)COC(=O)C[C@@H]1C=CCC1. The molecule has 5 heteroatoms. The van der Waals surface area contributed by atoms with Gasteiger partial charge in [0.05, 0.1) is 6.42 Å². The number of ether oxygens (including phenoxy) is 1. The Hall–Kier alpha value is -1.81. The number of nitrogens with one attached hydrogen (secondary N) is 1. The molecule has 1 atom stereocenters. The molecule has 0 heterocycles. The summed E-state index contributed by atoms with van der Waals surface area (Å²) in [4.78, 5) is 23.4. The van der Waals surface area contributed by atoms with Gasteiger partial charge in [0, 0.05) is 10.7 Å². The van der Waals surface area contributed by atoms with Crippen LogP contribution in [0.4, 0.5) is 5.69 Å². The molecule has 1 aromatic carbocycles. The number of aryl methyl sites for hydroxylation is 1. The monoisotopic (exact) mass is 307 g/mol. The molecule has 0 fully saturated rings. The van der Waals surface area contributed by atoms with Crippen LogP contribution >= 0.6 is 11.6 Å². The largest absolute Gasteiger partial charge is 0.456 e. The van der Waals surface area contributed by atoms with Gasteiger partial charge in [-0.1, -0.05) is 29.8 Å². The van der Waals surface area contributed by atoms with Gasteiger partial charge in [0.2, 0.25) is 0 Å². The number of esters is 1. The molecule has 4 nitrogen and oxygen atoms in total. The van der Waals surface area contributed by atoms with Crippen molar-refractivity contribution in [1.29, 1.82) is 0 Å². The molecule has 0 bridgehead atoms. The molecular formula is C16H18ClNO3. The van der Waals surface area contributed by atoms with Crippen LogP contribution in [-0.2, 0) is 14.3 Å². The number of carbonyl (C=O) groups excluding carboxylic acids is 2. The Bertz CT molecular complexity index is 569. The maximum absolute atomic E-state index is 11.8. The van der Waals surface area contributed by atoms with Crippen molar-refractivity contribution in [3.8, 4) is 0 Å². The fraction of sp³-hybridized carbons (Fsp3) is 0.375. The molecule has 1 aliphatic rings. The number of anilines is 1. The quantitative estimate of drug-likeness (QED) is 0.669. The van der Waals surface area contributed by atoms with E-state index in [1.165, 1.54) is 0 Å². The molecule has 1 N–H and O–H groups in total. The van der Waals surface area contributed by atoms with E-state index in [9.17, 15) is 9.59 Å². The first kappa shape index (κ1) is 15.6. The molecule has 112 valence electrons. The van der Waals surface area contributed by atoms with E-state index in [0.29, 0.717) is 17.1 Å². The highest BCUT2D eigenvalue weighted by molar-refractivity contribution is 6.31. The van der Waals surface area contributed by atoms with Crippen LogP contribution in [0.5, 0.6) is 0 Å². The average Bonchev–Trinajstić information content (AvgIpc) is 2.93. The number of amides is 1. The Morgan fingerprint density at radius 2 is 2.24 bits per heavy atom. The number of benzene rings is 1. The van der Waals surface area contributed by atoms with Gasteiger partial charge in [0.15, 0.2) is 6.61 Å². The second-order valence-electron chi connectivity index (χ2n) is 5.14. The summed E-state index contributed by atoms with van der Waals surface area (Å²) in [6.45, 7) is 1.59. The van der Waals surface area contributed by atoms with E-state index in [1.807, 2.05) is 19.1 Å². The van der Waals surface area contributed by atoms with Gasteiger partial charge in [0.25, 0.3) is 5.91 Å². The third kappa shape index (κ3) is 4.90. The minimum absolute atomic E-state index is 0.246. The summed E-state index contributed by atoms with van der Waals surface area (Å²) in [7, 11) is 0. The topological polar surface area (TPSA) is 55.4 Å². The summed E-state index contributed by atoms with van der Waals surface area (Å²) in [5, 5.41) is 3.23. The van der Waals surface area contributed by atoms with Crippen molar-refractivity contribution >= 4 is 29.2 Å². The van der Waals surface area contributed by atoms with Crippen LogP contribution < -0.4 is 5.32 Å². The second-order valence-corrected chi connectivity index (χ2v) is 5.57. The molecule has 0 aromatic heterocycles. The summed E-state index contributed by atoms with van der Waals surface area (Å²) in [6, 6.07) is 5.23. The maximum atomic E-state index is 11.8. The number of rotatable bonds is 5. The highest BCUT2D eigenvalue weighted by Gasteiger charge is 2.16. The second kappa shape index (κ2) is 7.27. The van der Waals surface area contributed by atoms with Crippen molar-refractivity contribution in [1.82, 2.24) is 0 Å². The number of hydrogen-bond donors (Lipinski definition) is 1. The van der Waals surface area contributed by atoms with Crippen molar-refractivity contribution < 1.29 is 14.3 Å². The molecule has 0 saturated carbocycles. The lowest BCUT2D eigenvalue weighted by atomic mass is 10.1. The van der Waals surface area contributed by atoms with Crippen LogP contribution in [0.1, 0.15) is 24.8 Å². The first-order valence-electron chi connectivity index (χ1n) is 6.93. The van der Waals surface area contributed by atoms with Gasteiger partial charge >= 0.3 is 5.97 Å². The Morgan fingerprint density at radius 3 is 2.95 bits per heavy atom. The Morgan fingerprint density at radius 1 is 1.43 bits per heavy atom. The van der Waals surface area contributed by atoms with Gasteiger partial charge in [0.1, 0.15) is 0 Å². The Labute approximate surface area is 129 Å². The Kier molecular flexibility index (Phi) is 5.39. The summed E-state index contributed by atoms with van der Waals surface area (Å²) in [5.41, 5.74) is 1.53. The lowest BCUT2D eigenvalue weighted by Gasteiger charge is -2.10. The zero-order valence-corrected chi connectivity index (χ0v) is 12.7. The average molecular weight is 308 g/mol. The van der Waals surface area contributed by atoms with Gasteiger partial charge in [-0.25, -0.2) is 0 Å². The molecule has 0 spiro atoms. The minimum atomic E-state index is -0.365. The van der Waals surface area contributed by atoms with E-state index in [2.05, 4.69) is 11.4 Å². The van der Waals surface area contributed by atoms with E-state index in [1.54, 1.807) is 12.1 Å². The molecule has 0 radical (unpaired) electrons. The predicted octanol–water partition coefficient (Wildman–Crippen LogP) is 3.49. The van der Waals surface area contributed by atoms with Crippen LogP contribution in [-0.4, -0.2) is 18.5 Å². The number of carbonyl (C=O) groups is 2. The Balaban J connectivity index is 1.77. The molecule has 0 unspecified atom stereocenters. The van der Waals surface area contributed by atoms with Gasteiger partial charge in [-0.05, 0) is 43.4 Å². The zero-order valence-electron chi connectivity index (χ0n) is 11.9. The highest BCUT2D eigenvalue weighted by atomic mass is 35.5. The molecular weight excluding hydrogens is 290 g/mol. The molecule has 21 heavy (non-hydrogen) atoms. The number of halogens is 1. The van der Waals surface area contributed by atoms with E-state index in [4.69, 9.17) is 16.3 Å². The van der Waals surface area contributed by atoms with Crippen LogP contribution in [0, 0.1) is 12.8 Å². The van der Waals surface area contributed by atoms with Crippen molar-refractivity contribution in [2.45, 2.75) is 26.2 Å². The van der Waals surface area contributed by atoms with Crippen LogP contribution in [0.2, 0.25) is 5.02 Å². The minimum Gasteiger partial charge on any atom is -0.456 e. The van der Waals surface area contributed by atoms with Crippen LogP contribution in [0.25, 0.3) is 0 Å². The maximum Gasteiger partial charge on any atom is 0.306 e. The molecule has 0 saturated heterocycles. The summed E-state index contributed by atoms with van der Waals surface area (Å²) < 4.78 is 4.99. The predicted molar refractivity (Wildman–Crippen MR) is 82.3 cm³/mol. The molecule has 1 aliphatic carbocycles. The number of allylic oxidation sites excluding steroid dienone is 2. The molecule has 0 aliphatic heterocycles. The third-order valence-electron chi connectivity index (χ3n) is 3.38. The summed E-state index contributed by atoms with van der Waals surface area (Å²) >= 11 is 5.88. The van der Waals surface area contributed by atoms with Crippen molar-refractivity contribution in [2.75, 3.05) is 11.9 Å². The summed E-state index contributed by atoms with van der Waals surface area (Å²) in [5.74, 6) is -0.462. The fourth-order valence-electron chi connectivity index (χ4n) is 2.20. The lowest BCUT2D eigenvalue weighted by molar-refractivity contribution is -0.147. The van der Waals surface area contributed by atoms with Crippen LogP contribution in [0.15, 0.2) is 30.4 Å². The molecule has 1 amide bonds. The van der Waals surface area contributed by atoms with Crippen molar-refractivity contribution in [2.24, 2.45) is 5.92 Å². The van der Waals surface area contributed by atoms with Gasteiger partial charge in [-0.15, -0.1) is 0 Å². The van der Waals surface area contributed by atoms with E-state index in [-0.39, 0.29) is 24.4 Å². The highest BCUT2D eigenvalue weighted by Crippen LogP contribution is 2.21. The van der Waals surface area contributed by atoms with Gasteiger partial charge in [-0.3, -0.25) is 9.59 Å². The van der Waals surface area contributed by atoms with Crippen molar-refractivity contribution in [3.05, 3.63) is 40.9 Å². The van der Waals surface area contributed by atoms with Gasteiger partial charge in [-0.2, -0.15) is 0 Å². The van der Waals surface area contributed by atoms with Crippen LogP contribution in [0.3, 0.4) is 0 Å². The van der Waals surface area contributed by atoms with E-state index in [0.717, 1.165) is 18.4 Å². The summed E-state index contributed by atoms with van der Waals surface area (Å²) in [6.07, 6.45) is 6.40. The first-order chi connectivity index (χ1) is 10.0. The van der Waals surface area contributed by atoms with Gasteiger partial charge < -0.3 is 10.1 Å². The fourth-order valence-corrected chi connectivity index (χ4v) is 2.37. The lowest BCUT2D eigenvalue weighted by Crippen LogP contribution is -2.22. The third-order valence-corrected chi connectivity index (χ3v) is 3.61. The molecule has 2 rings (SSSR count). The smallest absolute Gasteiger partial charge is 0.306 e.